The molecule has 0 saturated carbocycles. The number of hydrogen-bond acceptors (Lipinski definition) is 5. The van der Waals surface area contributed by atoms with Gasteiger partial charge in [-0.2, -0.15) is 0 Å². The van der Waals surface area contributed by atoms with Crippen molar-refractivity contribution in [1.82, 2.24) is 15.2 Å². The number of halogens is 1. The topological polar surface area (TPSA) is 79.9 Å². The molecule has 1 amide bonds. The zero-order valence-electron chi connectivity index (χ0n) is 14.0. The second-order valence-electron chi connectivity index (χ2n) is 5.31. The third-order valence-electron chi connectivity index (χ3n) is 3.38. The Morgan fingerprint density at radius 1 is 1.23 bits per heavy atom. The average Bonchev–Trinajstić information content (AvgIpc) is 3.12. The molecule has 3 aromatic rings. The maximum Gasteiger partial charge on any atom is 0.234 e. The Balaban J connectivity index is 1.52. The summed E-state index contributed by atoms with van der Waals surface area (Å²) < 4.78 is 5.72. The van der Waals surface area contributed by atoms with E-state index in [0.717, 1.165) is 12.2 Å². The number of para-hydroxylation sites is 1. The molecule has 0 atom stereocenters. The van der Waals surface area contributed by atoms with Gasteiger partial charge in [0, 0.05) is 12.1 Å². The number of H-pyrrole nitrogens is 1. The lowest BCUT2D eigenvalue weighted by atomic mass is 10.3. The molecule has 26 heavy (non-hydrogen) atoms. The van der Waals surface area contributed by atoms with Crippen LogP contribution in [0.2, 0.25) is 5.02 Å². The van der Waals surface area contributed by atoms with Crippen molar-refractivity contribution < 1.29 is 9.53 Å². The average molecular weight is 389 g/mol. The summed E-state index contributed by atoms with van der Waals surface area (Å²) in [7, 11) is 0. The summed E-state index contributed by atoms with van der Waals surface area (Å²) in [6.45, 7) is 1.99. The van der Waals surface area contributed by atoms with Crippen LogP contribution in [-0.4, -0.2) is 26.8 Å². The molecule has 8 heteroatoms. The Morgan fingerprint density at radius 2 is 2.00 bits per heavy atom. The van der Waals surface area contributed by atoms with Gasteiger partial charge in [0.25, 0.3) is 0 Å². The number of anilines is 1. The van der Waals surface area contributed by atoms with Gasteiger partial charge in [0.15, 0.2) is 0 Å². The van der Waals surface area contributed by atoms with Gasteiger partial charge in [-0.25, -0.2) is 4.98 Å². The smallest absolute Gasteiger partial charge is 0.234 e. The SMILES string of the molecule is CCc1nc(SCC(=O)Nc2ccc(Oc3ccccc3Cl)cc2)n[nH]1. The van der Waals surface area contributed by atoms with E-state index in [2.05, 4.69) is 20.5 Å². The number of hydrogen-bond donors (Lipinski definition) is 2. The van der Waals surface area contributed by atoms with E-state index in [4.69, 9.17) is 16.3 Å². The lowest BCUT2D eigenvalue weighted by Gasteiger charge is -2.09. The van der Waals surface area contributed by atoms with E-state index < -0.39 is 0 Å². The molecule has 1 aromatic heterocycles. The monoisotopic (exact) mass is 388 g/mol. The second-order valence-corrected chi connectivity index (χ2v) is 6.66. The summed E-state index contributed by atoms with van der Waals surface area (Å²) in [5.74, 6) is 2.14. The summed E-state index contributed by atoms with van der Waals surface area (Å²) in [5, 5.41) is 10.8. The van der Waals surface area contributed by atoms with Crippen LogP contribution in [0.15, 0.2) is 53.7 Å². The Kier molecular flexibility index (Phi) is 6.14. The fourth-order valence-electron chi connectivity index (χ4n) is 2.09. The molecule has 2 aromatic carbocycles. The molecular formula is C18H17ClN4O2S. The summed E-state index contributed by atoms with van der Waals surface area (Å²) >= 11 is 7.36. The van der Waals surface area contributed by atoms with Crippen LogP contribution in [0.1, 0.15) is 12.7 Å². The first kappa shape index (κ1) is 18.3. The first-order valence-electron chi connectivity index (χ1n) is 8.00. The Hall–Kier alpha value is -2.51. The fourth-order valence-corrected chi connectivity index (χ4v) is 2.88. The molecule has 0 aliphatic rings. The molecule has 0 bridgehead atoms. The van der Waals surface area contributed by atoms with E-state index in [9.17, 15) is 4.79 Å². The predicted molar refractivity (Wildman–Crippen MR) is 103 cm³/mol. The van der Waals surface area contributed by atoms with Crippen LogP contribution in [0.4, 0.5) is 5.69 Å². The van der Waals surface area contributed by atoms with Gasteiger partial charge in [-0.3, -0.25) is 9.89 Å². The Morgan fingerprint density at radius 3 is 2.69 bits per heavy atom. The molecule has 1 heterocycles. The molecule has 0 aliphatic heterocycles. The van der Waals surface area contributed by atoms with E-state index in [1.54, 1.807) is 36.4 Å². The van der Waals surface area contributed by atoms with Crippen molar-refractivity contribution in [3.63, 3.8) is 0 Å². The van der Waals surface area contributed by atoms with E-state index in [0.29, 0.717) is 27.4 Å². The lowest BCUT2D eigenvalue weighted by Crippen LogP contribution is -2.14. The Labute approximate surface area is 160 Å². The quantitative estimate of drug-likeness (QED) is 0.580. The highest BCUT2D eigenvalue weighted by atomic mass is 35.5. The number of rotatable bonds is 7. The highest BCUT2D eigenvalue weighted by Crippen LogP contribution is 2.29. The van der Waals surface area contributed by atoms with Crippen LogP contribution in [0.3, 0.4) is 0 Å². The van der Waals surface area contributed by atoms with Crippen molar-refractivity contribution in [2.24, 2.45) is 0 Å². The van der Waals surface area contributed by atoms with E-state index in [1.807, 2.05) is 19.1 Å². The number of aromatic nitrogens is 3. The van der Waals surface area contributed by atoms with Gasteiger partial charge in [0.05, 0.1) is 10.8 Å². The van der Waals surface area contributed by atoms with Gasteiger partial charge >= 0.3 is 0 Å². The van der Waals surface area contributed by atoms with Gasteiger partial charge < -0.3 is 10.1 Å². The van der Waals surface area contributed by atoms with E-state index in [1.165, 1.54) is 11.8 Å². The number of carbonyl (C=O) groups is 1. The van der Waals surface area contributed by atoms with Crippen LogP contribution in [0.25, 0.3) is 0 Å². The number of benzene rings is 2. The molecule has 0 radical (unpaired) electrons. The maximum atomic E-state index is 12.0. The van der Waals surface area contributed by atoms with Gasteiger partial charge in [0.2, 0.25) is 11.1 Å². The third-order valence-corrected chi connectivity index (χ3v) is 4.54. The molecule has 0 aliphatic carbocycles. The summed E-state index contributed by atoms with van der Waals surface area (Å²) in [4.78, 5) is 16.3. The highest BCUT2D eigenvalue weighted by molar-refractivity contribution is 7.99. The number of ether oxygens (including phenoxy) is 1. The van der Waals surface area contributed by atoms with Crippen molar-refractivity contribution >= 4 is 35.0 Å². The van der Waals surface area contributed by atoms with Crippen LogP contribution in [-0.2, 0) is 11.2 Å². The minimum absolute atomic E-state index is 0.127. The largest absolute Gasteiger partial charge is 0.456 e. The van der Waals surface area contributed by atoms with Crippen LogP contribution in [0.5, 0.6) is 11.5 Å². The van der Waals surface area contributed by atoms with Crippen molar-refractivity contribution in [3.05, 3.63) is 59.4 Å². The van der Waals surface area contributed by atoms with Crippen LogP contribution in [0, 0.1) is 0 Å². The molecule has 134 valence electrons. The molecular weight excluding hydrogens is 372 g/mol. The minimum Gasteiger partial charge on any atom is -0.456 e. The fraction of sp³-hybridized carbons (Fsp3) is 0.167. The summed E-state index contributed by atoms with van der Waals surface area (Å²) in [6.07, 6.45) is 0.780. The number of nitrogens with zero attached hydrogens (tertiary/aromatic N) is 2. The highest BCUT2D eigenvalue weighted by Gasteiger charge is 2.08. The summed E-state index contributed by atoms with van der Waals surface area (Å²) in [6, 6.07) is 14.3. The number of aromatic amines is 1. The first-order chi connectivity index (χ1) is 12.6. The van der Waals surface area contributed by atoms with Gasteiger partial charge in [-0.1, -0.05) is 42.4 Å². The molecule has 0 saturated heterocycles. The number of thioether (sulfide) groups is 1. The molecule has 0 fully saturated rings. The number of aryl methyl sites for hydroxylation is 1. The van der Waals surface area contributed by atoms with Crippen molar-refractivity contribution in [2.75, 3.05) is 11.1 Å². The molecule has 2 N–H and O–H groups in total. The van der Waals surface area contributed by atoms with Crippen LogP contribution < -0.4 is 10.1 Å². The zero-order valence-corrected chi connectivity index (χ0v) is 15.6. The van der Waals surface area contributed by atoms with E-state index in [-0.39, 0.29) is 11.7 Å². The molecule has 6 nitrogen and oxygen atoms in total. The molecule has 3 rings (SSSR count). The second kappa shape index (κ2) is 8.73. The standard InChI is InChI=1S/C18H17ClN4O2S/c1-2-16-21-18(23-22-16)26-11-17(24)20-12-7-9-13(10-8-12)25-15-6-4-3-5-14(15)19/h3-10H,2,11H2,1H3,(H,20,24)(H,21,22,23). The van der Waals surface area contributed by atoms with Gasteiger partial charge in [-0.15, -0.1) is 5.10 Å². The van der Waals surface area contributed by atoms with Gasteiger partial charge in [-0.05, 0) is 36.4 Å². The maximum absolute atomic E-state index is 12.0. The molecule has 0 unspecified atom stereocenters. The van der Waals surface area contributed by atoms with Crippen LogP contribution >= 0.6 is 23.4 Å². The predicted octanol–water partition coefficient (Wildman–Crippen LogP) is 4.54. The van der Waals surface area contributed by atoms with Crippen molar-refractivity contribution in [2.45, 2.75) is 18.5 Å². The number of nitrogens with one attached hydrogen (secondary N) is 2. The molecule has 0 spiro atoms. The third kappa shape index (κ3) is 5.00. The number of carbonyl (C=O) groups excluding carboxylic acids is 1. The minimum atomic E-state index is -0.127. The number of amides is 1. The van der Waals surface area contributed by atoms with Crippen molar-refractivity contribution in [1.29, 1.82) is 0 Å². The van der Waals surface area contributed by atoms with E-state index >= 15 is 0 Å². The van der Waals surface area contributed by atoms with Gasteiger partial charge in [0.1, 0.15) is 17.3 Å². The van der Waals surface area contributed by atoms with Crippen molar-refractivity contribution in [3.8, 4) is 11.5 Å². The lowest BCUT2D eigenvalue weighted by molar-refractivity contribution is -0.113. The normalized spacial score (nSPS) is 10.5. The summed E-state index contributed by atoms with van der Waals surface area (Å²) in [5.41, 5.74) is 0.686. The Bertz CT molecular complexity index is 883. The first-order valence-corrected chi connectivity index (χ1v) is 9.37. The zero-order chi connectivity index (χ0) is 18.4.